The number of anilines is 3. The minimum Gasteiger partial charge on any atom is -0.368 e. The third-order valence-electron chi connectivity index (χ3n) is 5.74. The minimum absolute atomic E-state index is 0.0783. The number of hydrogen-bond acceptors (Lipinski definition) is 7. The van der Waals surface area contributed by atoms with Gasteiger partial charge < -0.3 is 20.4 Å². The molecule has 4 heterocycles. The summed E-state index contributed by atoms with van der Waals surface area (Å²) in [6, 6.07) is 9.88. The molecule has 30 heavy (non-hydrogen) atoms. The Balaban J connectivity index is 1.40. The third-order valence-corrected chi connectivity index (χ3v) is 5.74. The van der Waals surface area contributed by atoms with Crippen LogP contribution in [0.3, 0.4) is 0 Å². The van der Waals surface area contributed by atoms with Gasteiger partial charge in [0.1, 0.15) is 5.82 Å². The van der Waals surface area contributed by atoms with Gasteiger partial charge in [-0.3, -0.25) is 4.79 Å². The number of nitrogens with one attached hydrogen (secondary N) is 2. The molecular formula is C22H23N7O. The molecule has 3 aromatic rings. The predicted molar refractivity (Wildman–Crippen MR) is 116 cm³/mol. The molecule has 1 saturated heterocycles. The van der Waals surface area contributed by atoms with Gasteiger partial charge >= 0.3 is 0 Å². The van der Waals surface area contributed by atoms with E-state index < -0.39 is 0 Å². The quantitative estimate of drug-likeness (QED) is 0.694. The molecule has 2 aliphatic heterocycles. The maximum atomic E-state index is 12.5. The number of likely N-dealkylation sites (N-methyl/N-ethyl adjacent to an activating group) is 1. The highest BCUT2D eigenvalue weighted by atomic mass is 16.1. The average Bonchev–Trinajstić information content (AvgIpc) is 3.18. The van der Waals surface area contributed by atoms with E-state index in [1.165, 1.54) is 0 Å². The maximum Gasteiger partial charge on any atom is 0.254 e. The Hall–Kier alpha value is -3.52. The molecular weight excluding hydrogens is 378 g/mol. The van der Waals surface area contributed by atoms with Gasteiger partial charge in [-0.25, -0.2) is 4.98 Å². The fourth-order valence-electron chi connectivity index (χ4n) is 4.02. The fraction of sp³-hybridized carbons (Fsp3) is 0.273. The number of rotatable bonds is 4. The Kier molecular flexibility index (Phi) is 4.76. The highest BCUT2D eigenvalue weighted by Gasteiger charge is 2.26. The third kappa shape index (κ3) is 3.46. The lowest BCUT2D eigenvalue weighted by Crippen LogP contribution is -2.44. The summed E-state index contributed by atoms with van der Waals surface area (Å²) in [6.07, 6.45) is 5.26. The zero-order chi connectivity index (χ0) is 20.5. The summed E-state index contributed by atoms with van der Waals surface area (Å²) in [7, 11) is 2.15. The van der Waals surface area contributed by atoms with Crippen LogP contribution in [0.25, 0.3) is 11.1 Å². The summed E-state index contributed by atoms with van der Waals surface area (Å²) in [6.45, 7) is 4.62. The predicted octanol–water partition coefficient (Wildman–Crippen LogP) is 2.28. The van der Waals surface area contributed by atoms with Crippen LogP contribution in [0.1, 0.15) is 15.9 Å². The molecule has 2 N–H and O–H groups in total. The first-order valence-electron chi connectivity index (χ1n) is 10.1. The summed E-state index contributed by atoms with van der Waals surface area (Å²) in [5.41, 5.74) is 5.44. The Morgan fingerprint density at radius 2 is 1.87 bits per heavy atom. The van der Waals surface area contributed by atoms with Crippen molar-refractivity contribution in [3.8, 4) is 11.1 Å². The van der Waals surface area contributed by atoms with Crippen molar-refractivity contribution in [1.29, 1.82) is 0 Å². The second-order valence-corrected chi connectivity index (χ2v) is 7.64. The van der Waals surface area contributed by atoms with Crippen LogP contribution in [0.2, 0.25) is 0 Å². The topological polar surface area (TPSA) is 86.3 Å². The van der Waals surface area contributed by atoms with Crippen molar-refractivity contribution < 1.29 is 4.79 Å². The molecule has 0 unspecified atom stereocenters. The number of aromatic nitrogens is 3. The van der Waals surface area contributed by atoms with Crippen molar-refractivity contribution in [3.63, 3.8) is 0 Å². The van der Waals surface area contributed by atoms with Gasteiger partial charge in [0.15, 0.2) is 0 Å². The molecule has 5 rings (SSSR count). The molecule has 0 spiro atoms. The minimum atomic E-state index is -0.0783. The zero-order valence-electron chi connectivity index (χ0n) is 16.8. The van der Waals surface area contributed by atoms with Crippen LogP contribution in [0, 0.1) is 0 Å². The molecule has 0 radical (unpaired) electrons. The monoisotopic (exact) mass is 401 g/mol. The number of amides is 1. The lowest BCUT2D eigenvalue weighted by molar-refractivity contribution is 0.0966. The number of nitrogens with zero attached hydrogens (tertiary/aromatic N) is 5. The van der Waals surface area contributed by atoms with E-state index in [0.29, 0.717) is 17.9 Å². The number of hydrogen-bond donors (Lipinski definition) is 2. The molecule has 0 atom stereocenters. The van der Waals surface area contributed by atoms with Gasteiger partial charge in [0.2, 0.25) is 0 Å². The summed E-state index contributed by atoms with van der Waals surface area (Å²) in [5, 5.41) is 14.1. The van der Waals surface area contributed by atoms with Crippen molar-refractivity contribution in [1.82, 2.24) is 25.4 Å². The van der Waals surface area contributed by atoms with Gasteiger partial charge in [0, 0.05) is 38.3 Å². The number of benzene rings is 1. The Labute approximate surface area is 174 Å². The first kappa shape index (κ1) is 18.5. The van der Waals surface area contributed by atoms with Crippen molar-refractivity contribution >= 4 is 23.1 Å². The molecule has 1 aromatic carbocycles. The summed E-state index contributed by atoms with van der Waals surface area (Å²) in [5.74, 6) is 0.638. The van der Waals surface area contributed by atoms with Gasteiger partial charge in [-0.1, -0.05) is 6.07 Å². The molecule has 1 fully saturated rings. The number of carbonyl (C=O) groups excluding carboxylic acids is 1. The molecule has 2 aliphatic rings. The van der Waals surface area contributed by atoms with Crippen LogP contribution in [0.15, 0.2) is 48.9 Å². The normalized spacial score (nSPS) is 16.3. The van der Waals surface area contributed by atoms with Crippen molar-refractivity contribution in [2.24, 2.45) is 0 Å². The van der Waals surface area contributed by atoms with E-state index in [0.717, 1.165) is 54.2 Å². The molecule has 0 bridgehead atoms. The van der Waals surface area contributed by atoms with Gasteiger partial charge in [-0.15, -0.1) is 0 Å². The summed E-state index contributed by atoms with van der Waals surface area (Å²) in [4.78, 5) is 21.8. The number of pyridine rings is 1. The van der Waals surface area contributed by atoms with Crippen molar-refractivity contribution in [2.75, 3.05) is 43.4 Å². The number of carbonyl (C=O) groups is 1. The molecule has 0 aliphatic carbocycles. The van der Waals surface area contributed by atoms with Crippen LogP contribution in [-0.2, 0) is 6.54 Å². The van der Waals surface area contributed by atoms with E-state index in [4.69, 9.17) is 0 Å². The number of piperazine rings is 1. The first-order chi connectivity index (χ1) is 14.7. The highest BCUT2D eigenvalue weighted by molar-refractivity contribution is 6.06. The fourth-order valence-corrected chi connectivity index (χ4v) is 4.02. The SMILES string of the molecule is CN1CCN(c2ccc(Nc3ccc(-c4ccnnc4)c4c3C(=O)NC4)nc2)CC1. The van der Waals surface area contributed by atoms with Crippen LogP contribution >= 0.6 is 0 Å². The van der Waals surface area contributed by atoms with Crippen LogP contribution in [-0.4, -0.2) is 59.2 Å². The molecule has 2 aromatic heterocycles. The van der Waals surface area contributed by atoms with E-state index in [9.17, 15) is 4.79 Å². The van der Waals surface area contributed by atoms with Crippen molar-refractivity contribution in [2.45, 2.75) is 6.54 Å². The van der Waals surface area contributed by atoms with Crippen LogP contribution in [0.5, 0.6) is 0 Å². The standard InChI is InChI=1S/C22H23N7O/c1-28-8-10-29(11-9-28)16-2-5-20(23-13-16)27-19-4-3-17(15-6-7-25-26-12-15)18-14-24-22(30)21(18)19/h2-7,12-13H,8-11,14H2,1H3,(H,23,27)(H,24,30). The second kappa shape index (κ2) is 7.72. The zero-order valence-corrected chi connectivity index (χ0v) is 16.8. The van der Waals surface area contributed by atoms with E-state index in [1.807, 2.05) is 30.5 Å². The van der Waals surface area contributed by atoms with Crippen LogP contribution in [0.4, 0.5) is 17.2 Å². The lowest BCUT2D eigenvalue weighted by Gasteiger charge is -2.33. The van der Waals surface area contributed by atoms with Gasteiger partial charge in [0.05, 0.1) is 35.5 Å². The van der Waals surface area contributed by atoms with E-state index in [-0.39, 0.29) is 5.91 Å². The molecule has 8 nitrogen and oxygen atoms in total. The number of fused-ring (bicyclic) bond motifs is 1. The van der Waals surface area contributed by atoms with Gasteiger partial charge in [0.25, 0.3) is 5.91 Å². The maximum absolute atomic E-state index is 12.5. The largest absolute Gasteiger partial charge is 0.368 e. The molecule has 0 saturated carbocycles. The average molecular weight is 401 g/mol. The van der Waals surface area contributed by atoms with E-state index in [1.54, 1.807) is 12.4 Å². The second-order valence-electron chi connectivity index (χ2n) is 7.64. The van der Waals surface area contributed by atoms with Crippen LogP contribution < -0.4 is 15.5 Å². The molecule has 8 heteroatoms. The molecule has 1 amide bonds. The van der Waals surface area contributed by atoms with Gasteiger partial charge in [-0.2, -0.15) is 10.2 Å². The Morgan fingerprint density at radius 1 is 1.00 bits per heavy atom. The summed E-state index contributed by atoms with van der Waals surface area (Å²) < 4.78 is 0. The Morgan fingerprint density at radius 3 is 2.60 bits per heavy atom. The van der Waals surface area contributed by atoms with E-state index in [2.05, 4.69) is 48.7 Å². The van der Waals surface area contributed by atoms with Crippen molar-refractivity contribution in [3.05, 3.63) is 60.0 Å². The first-order valence-corrected chi connectivity index (χ1v) is 10.1. The summed E-state index contributed by atoms with van der Waals surface area (Å²) >= 11 is 0. The lowest BCUT2D eigenvalue weighted by atomic mass is 9.97. The van der Waals surface area contributed by atoms with E-state index >= 15 is 0 Å². The molecule has 152 valence electrons. The Bertz CT molecular complexity index is 1060. The smallest absolute Gasteiger partial charge is 0.254 e. The van der Waals surface area contributed by atoms with Gasteiger partial charge in [-0.05, 0) is 42.4 Å². The highest BCUT2D eigenvalue weighted by Crippen LogP contribution is 2.34.